The molecule has 3 unspecified atom stereocenters. The summed E-state index contributed by atoms with van der Waals surface area (Å²) in [5.74, 6) is 0.487. The SMILES string of the molecule is CC1CCC(C(C)C)C(OCC(=O)NCc2cn(CC(=O)O)nn2)C1. The van der Waals surface area contributed by atoms with Gasteiger partial charge in [-0.2, -0.15) is 0 Å². The van der Waals surface area contributed by atoms with Gasteiger partial charge >= 0.3 is 5.97 Å². The first kappa shape index (κ1) is 19.4. The largest absolute Gasteiger partial charge is 0.480 e. The lowest BCUT2D eigenvalue weighted by Crippen LogP contribution is -2.37. The molecule has 0 aromatic carbocycles. The predicted molar refractivity (Wildman–Crippen MR) is 90.6 cm³/mol. The number of rotatable bonds is 8. The predicted octanol–water partition coefficient (Wildman–Crippen LogP) is 1.46. The van der Waals surface area contributed by atoms with Crippen molar-refractivity contribution in [2.24, 2.45) is 17.8 Å². The number of hydrogen-bond acceptors (Lipinski definition) is 5. The Morgan fingerprint density at radius 3 is 2.88 bits per heavy atom. The summed E-state index contributed by atoms with van der Waals surface area (Å²) >= 11 is 0. The van der Waals surface area contributed by atoms with Crippen LogP contribution in [0.4, 0.5) is 0 Å². The lowest BCUT2D eigenvalue weighted by Gasteiger charge is -2.37. The van der Waals surface area contributed by atoms with Gasteiger partial charge in [0.05, 0.1) is 18.8 Å². The molecule has 140 valence electrons. The molecule has 1 amide bonds. The van der Waals surface area contributed by atoms with E-state index in [-0.39, 0.29) is 31.7 Å². The molecular formula is C17H28N4O4. The van der Waals surface area contributed by atoms with Crippen LogP contribution in [0.25, 0.3) is 0 Å². The summed E-state index contributed by atoms with van der Waals surface area (Å²) < 4.78 is 7.12. The molecule has 2 N–H and O–H groups in total. The van der Waals surface area contributed by atoms with Gasteiger partial charge in [0.2, 0.25) is 5.91 Å². The maximum Gasteiger partial charge on any atom is 0.325 e. The van der Waals surface area contributed by atoms with Gasteiger partial charge in [-0.1, -0.05) is 32.4 Å². The van der Waals surface area contributed by atoms with Crippen molar-refractivity contribution in [3.8, 4) is 0 Å². The van der Waals surface area contributed by atoms with Crippen molar-refractivity contribution in [3.05, 3.63) is 11.9 Å². The van der Waals surface area contributed by atoms with Crippen molar-refractivity contribution in [2.75, 3.05) is 6.61 Å². The van der Waals surface area contributed by atoms with E-state index < -0.39 is 5.97 Å². The monoisotopic (exact) mass is 352 g/mol. The van der Waals surface area contributed by atoms with E-state index >= 15 is 0 Å². The van der Waals surface area contributed by atoms with E-state index in [0.717, 1.165) is 12.8 Å². The van der Waals surface area contributed by atoms with Gasteiger partial charge in [0.25, 0.3) is 0 Å². The summed E-state index contributed by atoms with van der Waals surface area (Å²) in [7, 11) is 0. The summed E-state index contributed by atoms with van der Waals surface area (Å²) in [6.07, 6.45) is 5.01. The Hall–Kier alpha value is -1.96. The number of carbonyl (C=O) groups excluding carboxylic acids is 1. The highest BCUT2D eigenvalue weighted by atomic mass is 16.5. The minimum atomic E-state index is -0.990. The average molecular weight is 352 g/mol. The molecule has 1 aromatic rings. The molecular weight excluding hydrogens is 324 g/mol. The fourth-order valence-corrected chi connectivity index (χ4v) is 3.36. The van der Waals surface area contributed by atoms with E-state index in [9.17, 15) is 9.59 Å². The zero-order valence-electron chi connectivity index (χ0n) is 15.1. The normalized spacial score (nSPS) is 23.6. The number of nitrogens with one attached hydrogen (secondary N) is 1. The molecule has 0 bridgehead atoms. The number of ether oxygens (including phenoxy) is 1. The summed E-state index contributed by atoms with van der Waals surface area (Å²) in [5, 5.41) is 19.0. The highest BCUT2D eigenvalue weighted by molar-refractivity contribution is 5.77. The van der Waals surface area contributed by atoms with Crippen LogP contribution < -0.4 is 5.32 Å². The second-order valence-corrected chi connectivity index (χ2v) is 7.25. The Morgan fingerprint density at radius 1 is 1.44 bits per heavy atom. The van der Waals surface area contributed by atoms with Crippen molar-refractivity contribution >= 4 is 11.9 Å². The number of amides is 1. The number of hydrogen-bond donors (Lipinski definition) is 2. The van der Waals surface area contributed by atoms with Gasteiger partial charge in [0, 0.05) is 0 Å². The number of nitrogens with zero attached hydrogens (tertiary/aromatic N) is 3. The topological polar surface area (TPSA) is 106 Å². The molecule has 0 radical (unpaired) electrons. The van der Waals surface area contributed by atoms with Gasteiger partial charge in [-0.05, 0) is 30.6 Å². The third kappa shape index (κ3) is 6.12. The molecule has 1 aliphatic carbocycles. The van der Waals surface area contributed by atoms with E-state index in [0.29, 0.717) is 23.4 Å². The van der Waals surface area contributed by atoms with Crippen LogP contribution in [0.2, 0.25) is 0 Å². The van der Waals surface area contributed by atoms with Gasteiger partial charge in [-0.15, -0.1) is 5.10 Å². The second kappa shape index (κ2) is 8.94. The van der Waals surface area contributed by atoms with E-state index in [1.54, 1.807) is 0 Å². The number of carboxylic acid groups (broad SMARTS) is 1. The Kier molecular flexibility index (Phi) is 6.92. The first-order valence-electron chi connectivity index (χ1n) is 8.84. The molecule has 1 saturated carbocycles. The highest BCUT2D eigenvalue weighted by Crippen LogP contribution is 2.35. The van der Waals surface area contributed by atoms with Crippen LogP contribution in [0.1, 0.15) is 45.7 Å². The van der Waals surface area contributed by atoms with E-state index in [1.165, 1.54) is 17.3 Å². The maximum atomic E-state index is 12.0. The number of carboxylic acids is 1. The standard InChI is InChI=1S/C17H28N4O4/c1-11(2)14-5-4-12(3)6-15(14)25-10-16(22)18-7-13-8-21(20-19-13)9-17(23)24/h8,11-12,14-15H,4-7,9-10H2,1-3H3,(H,18,22)(H,23,24). The molecule has 8 heteroatoms. The van der Waals surface area contributed by atoms with E-state index in [2.05, 4.69) is 36.4 Å². The van der Waals surface area contributed by atoms with Crippen LogP contribution >= 0.6 is 0 Å². The minimum Gasteiger partial charge on any atom is -0.480 e. The van der Waals surface area contributed by atoms with Crippen molar-refractivity contribution in [1.29, 1.82) is 0 Å². The van der Waals surface area contributed by atoms with E-state index in [1.807, 2.05) is 0 Å². The number of aromatic nitrogens is 3. The maximum absolute atomic E-state index is 12.0. The molecule has 0 saturated heterocycles. The molecule has 1 fully saturated rings. The van der Waals surface area contributed by atoms with Gasteiger partial charge in [-0.25, -0.2) is 4.68 Å². The fraction of sp³-hybridized carbons (Fsp3) is 0.765. The second-order valence-electron chi connectivity index (χ2n) is 7.25. The van der Waals surface area contributed by atoms with Crippen LogP contribution in [0.5, 0.6) is 0 Å². The van der Waals surface area contributed by atoms with Crippen LogP contribution in [-0.4, -0.2) is 44.7 Å². The van der Waals surface area contributed by atoms with Gasteiger partial charge in [0.15, 0.2) is 0 Å². The van der Waals surface area contributed by atoms with Crippen molar-refractivity contribution in [3.63, 3.8) is 0 Å². The Bertz CT molecular complexity index is 587. The highest BCUT2D eigenvalue weighted by Gasteiger charge is 2.31. The molecule has 0 aliphatic heterocycles. The molecule has 3 atom stereocenters. The van der Waals surface area contributed by atoms with Gasteiger partial charge in [-0.3, -0.25) is 9.59 Å². The number of carbonyl (C=O) groups is 2. The van der Waals surface area contributed by atoms with Crippen LogP contribution in [-0.2, 0) is 27.4 Å². The summed E-state index contributed by atoms with van der Waals surface area (Å²) in [6.45, 7) is 6.63. The Morgan fingerprint density at radius 2 is 2.20 bits per heavy atom. The smallest absolute Gasteiger partial charge is 0.325 e. The van der Waals surface area contributed by atoms with Crippen LogP contribution in [0.3, 0.4) is 0 Å². The first-order valence-corrected chi connectivity index (χ1v) is 8.84. The molecule has 1 aliphatic rings. The van der Waals surface area contributed by atoms with Crippen molar-refractivity contribution in [2.45, 2.75) is 59.2 Å². The minimum absolute atomic E-state index is 0.0316. The Labute approximate surface area is 147 Å². The lowest BCUT2D eigenvalue weighted by molar-refractivity contribution is -0.138. The lowest BCUT2D eigenvalue weighted by atomic mass is 9.75. The summed E-state index contributed by atoms with van der Waals surface area (Å²) in [6, 6.07) is 0. The molecule has 2 rings (SSSR count). The third-order valence-electron chi connectivity index (χ3n) is 4.74. The Balaban J connectivity index is 1.76. The number of aliphatic carboxylic acids is 1. The first-order chi connectivity index (χ1) is 11.8. The quantitative estimate of drug-likeness (QED) is 0.733. The summed E-state index contributed by atoms with van der Waals surface area (Å²) in [4.78, 5) is 22.6. The molecule has 8 nitrogen and oxygen atoms in total. The van der Waals surface area contributed by atoms with E-state index in [4.69, 9.17) is 9.84 Å². The zero-order valence-corrected chi connectivity index (χ0v) is 15.1. The molecule has 0 spiro atoms. The van der Waals surface area contributed by atoms with Gasteiger partial charge in [0.1, 0.15) is 18.8 Å². The van der Waals surface area contributed by atoms with Crippen molar-refractivity contribution < 1.29 is 19.4 Å². The molecule has 1 heterocycles. The zero-order chi connectivity index (χ0) is 18.4. The third-order valence-corrected chi connectivity index (χ3v) is 4.74. The molecule has 25 heavy (non-hydrogen) atoms. The van der Waals surface area contributed by atoms with Crippen LogP contribution in [0, 0.1) is 17.8 Å². The van der Waals surface area contributed by atoms with Gasteiger partial charge < -0.3 is 15.2 Å². The fourth-order valence-electron chi connectivity index (χ4n) is 3.36. The van der Waals surface area contributed by atoms with Crippen molar-refractivity contribution in [1.82, 2.24) is 20.3 Å². The summed E-state index contributed by atoms with van der Waals surface area (Å²) in [5.41, 5.74) is 0.515. The molecule has 1 aromatic heterocycles. The van der Waals surface area contributed by atoms with Crippen LogP contribution in [0.15, 0.2) is 6.20 Å². The average Bonchev–Trinajstić information content (AvgIpc) is 2.97.